The zero-order chi connectivity index (χ0) is 15.5. The third-order valence-electron chi connectivity index (χ3n) is 3.28. The van der Waals surface area contributed by atoms with Crippen LogP contribution in [-0.4, -0.2) is 15.2 Å². The van der Waals surface area contributed by atoms with E-state index in [2.05, 4.69) is 39.6 Å². The highest BCUT2D eigenvalue weighted by atomic mass is 32.1. The molecule has 22 heavy (non-hydrogen) atoms. The van der Waals surface area contributed by atoms with Gasteiger partial charge in [-0.05, 0) is 42.5 Å². The Kier molecular flexibility index (Phi) is 7.39. The zero-order valence-corrected chi connectivity index (χ0v) is 13.9. The number of thiophene rings is 1. The standard InChI is InChI=1S/C10H16S.C8H7N3/c1-2-3-4-5-7-10-8-6-9-11-10;1-2-5-9-7(3-1)8-4-6-10-11-8/h6,8-9H,2-5,7H2,1H3;1-6H,(H,10,11). The summed E-state index contributed by atoms with van der Waals surface area (Å²) in [6.45, 7) is 2.26. The van der Waals surface area contributed by atoms with Crippen LogP contribution in [0.1, 0.15) is 37.5 Å². The second-order valence-electron chi connectivity index (χ2n) is 5.06. The molecule has 0 aliphatic heterocycles. The highest BCUT2D eigenvalue weighted by Crippen LogP contribution is 2.13. The minimum Gasteiger partial charge on any atom is -0.285 e. The van der Waals surface area contributed by atoms with E-state index < -0.39 is 0 Å². The van der Waals surface area contributed by atoms with Gasteiger partial charge in [-0.25, -0.2) is 0 Å². The van der Waals surface area contributed by atoms with Gasteiger partial charge in [0, 0.05) is 17.3 Å². The summed E-state index contributed by atoms with van der Waals surface area (Å²) in [6, 6.07) is 12.0. The Balaban J connectivity index is 0.000000160. The molecule has 0 aromatic carbocycles. The van der Waals surface area contributed by atoms with Gasteiger partial charge in [0.15, 0.2) is 0 Å². The number of nitrogens with zero attached hydrogens (tertiary/aromatic N) is 2. The van der Waals surface area contributed by atoms with E-state index >= 15 is 0 Å². The molecule has 0 saturated heterocycles. The average Bonchev–Trinajstić information content (AvgIpc) is 3.26. The Bertz CT molecular complexity index is 589. The number of pyridine rings is 1. The summed E-state index contributed by atoms with van der Waals surface area (Å²) in [5.74, 6) is 0. The Morgan fingerprint density at radius 3 is 2.59 bits per heavy atom. The first-order valence-corrected chi connectivity index (χ1v) is 8.71. The molecule has 4 heteroatoms. The first-order chi connectivity index (χ1) is 10.9. The number of rotatable bonds is 6. The minimum absolute atomic E-state index is 0.880. The molecule has 3 aromatic rings. The van der Waals surface area contributed by atoms with Gasteiger partial charge in [0.2, 0.25) is 0 Å². The van der Waals surface area contributed by atoms with E-state index in [0.29, 0.717) is 0 Å². The second-order valence-corrected chi connectivity index (χ2v) is 6.10. The largest absolute Gasteiger partial charge is 0.285 e. The number of H-pyrrole nitrogens is 1. The van der Waals surface area contributed by atoms with E-state index in [4.69, 9.17) is 0 Å². The maximum atomic E-state index is 4.14. The van der Waals surface area contributed by atoms with Crippen molar-refractivity contribution in [2.24, 2.45) is 0 Å². The van der Waals surface area contributed by atoms with Crippen LogP contribution in [-0.2, 0) is 6.42 Å². The molecule has 0 fully saturated rings. The third-order valence-corrected chi connectivity index (χ3v) is 4.22. The number of aromatic nitrogens is 3. The topological polar surface area (TPSA) is 41.6 Å². The summed E-state index contributed by atoms with van der Waals surface area (Å²) >= 11 is 1.88. The van der Waals surface area contributed by atoms with Crippen LogP contribution in [0.15, 0.2) is 54.2 Å². The van der Waals surface area contributed by atoms with Gasteiger partial charge >= 0.3 is 0 Å². The quantitative estimate of drug-likeness (QED) is 0.624. The highest BCUT2D eigenvalue weighted by Gasteiger charge is 1.97. The normalized spacial score (nSPS) is 10.0. The summed E-state index contributed by atoms with van der Waals surface area (Å²) in [5, 5.41) is 8.90. The van der Waals surface area contributed by atoms with Crippen molar-refractivity contribution in [1.82, 2.24) is 15.2 Å². The number of unbranched alkanes of at least 4 members (excludes halogenated alkanes) is 3. The molecule has 0 aliphatic rings. The second kappa shape index (κ2) is 9.90. The van der Waals surface area contributed by atoms with E-state index in [1.165, 1.54) is 32.1 Å². The fraction of sp³-hybridized carbons (Fsp3) is 0.333. The summed E-state index contributed by atoms with van der Waals surface area (Å²) in [7, 11) is 0. The fourth-order valence-corrected chi connectivity index (χ4v) is 2.85. The molecule has 0 spiro atoms. The third kappa shape index (κ3) is 5.82. The molecule has 0 bridgehead atoms. The SMILES string of the molecule is CCCCCCc1cccs1.c1ccc(-c2cc[nH]n2)nc1. The predicted molar refractivity (Wildman–Crippen MR) is 94.0 cm³/mol. The van der Waals surface area contributed by atoms with Crippen molar-refractivity contribution in [3.63, 3.8) is 0 Å². The molecule has 1 N–H and O–H groups in total. The van der Waals surface area contributed by atoms with Crippen LogP contribution < -0.4 is 0 Å². The van der Waals surface area contributed by atoms with Crippen LogP contribution in [0.25, 0.3) is 11.4 Å². The van der Waals surface area contributed by atoms with E-state index in [1.54, 1.807) is 17.3 Å². The van der Waals surface area contributed by atoms with Crippen LogP contribution in [0.2, 0.25) is 0 Å². The van der Waals surface area contributed by atoms with Crippen LogP contribution in [0.3, 0.4) is 0 Å². The van der Waals surface area contributed by atoms with Gasteiger partial charge in [-0.3, -0.25) is 10.1 Å². The lowest BCUT2D eigenvalue weighted by molar-refractivity contribution is 0.670. The van der Waals surface area contributed by atoms with Gasteiger partial charge in [-0.1, -0.05) is 38.3 Å². The van der Waals surface area contributed by atoms with Crippen LogP contribution in [0.5, 0.6) is 0 Å². The molecule has 3 heterocycles. The van der Waals surface area contributed by atoms with Gasteiger partial charge in [0.1, 0.15) is 5.69 Å². The fourth-order valence-electron chi connectivity index (χ4n) is 2.10. The van der Waals surface area contributed by atoms with Gasteiger partial charge in [0.05, 0.1) is 5.69 Å². The molecule has 3 aromatic heterocycles. The summed E-state index contributed by atoms with van der Waals surface area (Å²) in [5.41, 5.74) is 1.78. The van der Waals surface area contributed by atoms with Crippen molar-refractivity contribution in [3.8, 4) is 11.4 Å². The lowest BCUT2D eigenvalue weighted by Gasteiger charge is -1.95. The maximum absolute atomic E-state index is 4.14. The molecule has 0 amide bonds. The highest BCUT2D eigenvalue weighted by molar-refractivity contribution is 7.09. The summed E-state index contributed by atoms with van der Waals surface area (Å²) < 4.78 is 0. The molecule has 116 valence electrons. The van der Waals surface area contributed by atoms with Gasteiger partial charge in [-0.15, -0.1) is 11.3 Å². The van der Waals surface area contributed by atoms with Crippen molar-refractivity contribution >= 4 is 11.3 Å². The molecule has 0 saturated carbocycles. The van der Waals surface area contributed by atoms with E-state index in [9.17, 15) is 0 Å². The van der Waals surface area contributed by atoms with E-state index in [1.807, 2.05) is 35.6 Å². The maximum Gasteiger partial charge on any atom is 0.110 e. The Hall–Kier alpha value is -1.94. The van der Waals surface area contributed by atoms with Crippen molar-refractivity contribution in [2.75, 3.05) is 0 Å². The van der Waals surface area contributed by atoms with Crippen LogP contribution in [0.4, 0.5) is 0 Å². The molecule has 3 nitrogen and oxygen atoms in total. The number of nitrogens with one attached hydrogen (secondary N) is 1. The Labute approximate surface area is 136 Å². The Morgan fingerprint density at radius 1 is 1.00 bits per heavy atom. The molecule has 3 rings (SSSR count). The molecule has 0 atom stereocenters. The van der Waals surface area contributed by atoms with Gasteiger partial charge in [-0.2, -0.15) is 5.10 Å². The first kappa shape index (κ1) is 16.4. The van der Waals surface area contributed by atoms with Gasteiger partial charge < -0.3 is 0 Å². The molecule has 0 unspecified atom stereocenters. The number of aryl methyl sites for hydroxylation is 1. The van der Waals surface area contributed by atoms with E-state index in [0.717, 1.165) is 11.4 Å². The van der Waals surface area contributed by atoms with Crippen molar-refractivity contribution < 1.29 is 0 Å². The van der Waals surface area contributed by atoms with Crippen molar-refractivity contribution in [3.05, 3.63) is 59.0 Å². The lowest BCUT2D eigenvalue weighted by atomic mass is 10.1. The zero-order valence-electron chi connectivity index (χ0n) is 13.0. The molecular weight excluding hydrogens is 290 g/mol. The van der Waals surface area contributed by atoms with E-state index in [-0.39, 0.29) is 0 Å². The Morgan fingerprint density at radius 2 is 1.95 bits per heavy atom. The monoisotopic (exact) mass is 313 g/mol. The number of hydrogen-bond acceptors (Lipinski definition) is 3. The van der Waals surface area contributed by atoms with Crippen LogP contribution in [0, 0.1) is 0 Å². The average molecular weight is 313 g/mol. The molecule has 0 aliphatic carbocycles. The summed E-state index contributed by atoms with van der Waals surface area (Å²) in [4.78, 5) is 5.68. The minimum atomic E-state index is 0.880. The first-order valence-electron chi connectivity index (χ1n) is 7.83. The van der Waals surface area contributed by atoms with Gasteiger partial charge in [0.25, 0.3) is 0 Å². The van der Waals surface area contributed by atoms with Crippen LogP contribution >= 0.6 is 11.3 Å². The molecule has 0 radical (unpaired) electrons. The lowest BCUT2D eigenvalue weighted by Crippen LogP contribution is -1.80. The molecular formula is C18H23N3S. The van der Waals surface area contributed by atoms with Crippen molar-refractivity contribution in [1.29, 1.82) is 0 Å². The van der Waals surface area contributed by atoms with Crippen molar-refractivity contribution in [2.45, 2.75) is 39.0 Å². The smallest absolute Gasteiger partial charge is 0.110 e. The number of aromatic amines is 1. The number of hydrogen-bond donors (Lipinski definition) is 1. The predicted octanol–water partition coefficient (Wildman–Crippen LogP) is 5.34. The summed E-state index contributed by atoms with van der Waals surface area (Å²) in [6.07, 6.45) is 10.3.